The van der Waals surface area contributed by atoms with Crippen molar-refractivity contribution in [1.29, 1.82) is 0 Å². The average Bonchev–Trinajstić information content (AvgIpc) is 2.74. The van der Waals surface area contributed by atoms with Gasteiger partial charge in [-0.15, -0.1) is 11.3 Å². The van der Waals surface area contributed by atoms with E-state index in [4.69, 9.17) is 0 Å². The Morgan fingerprint density at radius 1 is 1.24 bits per heavy atom. The molecule has 0 amide bonds. The van der Waals surface area contributed by atoms with Crippen LogP contribution in [0.4, 0.5) is 5.69 Å². The van der Waals surface area contributed by atoms with Crippen molar-refractivity contribution in [2.45, 2.75) is 6.42 Å². The van der Waals surface area contributed by atoms with Gasteiger partial charge in [-0.3, -0.25) is 4.79 Å². The molecule has 0 saturated carbocycles. The van der Waals surface area contributed by atoms with Crippen molar-refractivity contribution in [2.24, 2.45) is 0 Å². The van der Waals surface area contributed by atoms with Gasteiger partial charge < -0.3 is 5.32 Å². The summed E-state index contributed by atoms with van der Waals surface area (Å²) in [6.07, 6.45) is 0.484. The third kappa shape index (κ3) is 3.68. The molecule has 0 saturated heterocycles. The van der Waals surface area contributed by atoms with E-state index < -0.39 is 0 Å². The van der Waals surface area contributed by atoms with Crippen LogP contribution in [0.3, 0.4) is 0 Å². The van der Waals surface area contributed by atoms with Crippen LogP contribution in [0, 0.1) is 0 Å². The third-order valence-corrected chi connectivity index (χ3v) is 4.24. The first-order valence-electron chi connectivity index (χ1n) is 5.28. The molecule has 1 aromatic carbocycles. The van der Waals surface area contributed by atoms with Crippen LogP contribution < -0.4 is 5.32 Å². The van der Waals surface area contributed by atoms with E-state index in [1.807, 2.05) is 41.8 Å². The van der Waals surface area contributed by atoms with E-state index in [1.54, 1.807) is 11.3 Å². The first-order valence-corrected chi connectivity index (χ1v) is 6.95. The molecule has 0 spiro atoms. The molecule has 1 N–H and O–H groups in total. The Morgan fingerprint density at radius 3 is 2.65 bits per heavy atom. The molecular weight excluding hydrogens is 298 g/mol. The summed E-state index contributed by atoms with van der Waals surface area (Å²) in [6.45, 7) is 0.369. The van der Waals surface area contributed by atoms with Gasteiger partial charge in [0.1, 0.15) is 0 Å². The molecule has 17 heavy (non-hydrogen) atoms. The molecule has 0 fully saturated rings. The second kappa shape index (κ2) is 5.98. The number of rotatable bonds is 5. The standard InChI is InChI=1S/C13H12BrNOS/c14-12-6-7-17-13(12)8-11(16)9-15-10-4-2-1-3-5-10/h1-7,15H,8-9H2. The summed E-state index contributed by atoms with van der Waals surface area (Å²) in [6, 6.07) is 11.7. The van der Waals surface area contributed by atoms with Gasteiger partial charge in [-0.25, -0.2) is 0 Å². The minimum atomic E-state index is 0.192. The molecule has 0 unspecified atom stereocenters. The summed E-state index contributed by atoms with van der Waals surface area (Å²) in [4.78, 5) is 12.8. The van der Waals surface area contributed by atoms with Crippen molar-refractivity contribution >= 4 is 38.7 Å². The van der Waals surface area contributed by atoms with Gasteiger partial charge in [0, 0.05) is 21.5 Å². The lowest BCUT2D eigenvalue weighted by atomic mass is 10.2. The quantitative estimate of drug-likeness (QED) is 0.911. The second-order valence-corrected chi connectivity index (χ2v) is 5.48. The summed E-state index contributed by atoms with van der Waals surface area (Å²) in [5.41, 5.74) is 0.978. The number of anilines is 1. The van der Waals surface area contributed by atoms with E-state index in [0.29, 0.717) is 13.0 Å². The highest BCUT2D eigenvalue weighted by molar-refractivity contribution is 9.10. The molecule has 0 aliphatic heterocycles. The Labute approximate surface area is 113 Å². The smallest absolute Gasteiger partial charge is 0.157 e. The fourth-order valence-corrected chi connectivity index (χ4v) is 2.97. The summed E-state index contributed by atoms with van der Waals surface area (Å²) >= 11 is 5.03. The molecule has 2 rings (SSSR count). The number of Topliss-reactive ketones (excluding diaryl/α,β-unsaturated/α-hetero) is 1. The zero-order valence-corrected chi connectivity index (χ0v) is 11.6. The van der Waals surface area contributed by atoms with Crippen LogP contribution in [-0.2, 0) is 11.2 Å². The van der Waals surface area contributed by atoms with E-state index >= 15 is 0 Å². The largest absolute Gasteiger partial charge is 0.378 e. The molecule has 0 aliphatic carbocycles. The number of carbonyl (C=O) groups is 1. The van der Waals surface area contributed by atoms with Gasteiger partial charge in [-0.2, -0.15) is 0 Å². The molecular formula is C13H12BrNOS. The van der Waals surface area contributed by atoms with Crippen molar-refractivity contribution in [1.82, 2.24) is 0 Å². The van der Waals surface area contributed by atoms with E-state index in [9.17, 15) is 4.79 Å². The summed E-state index contributed by atoms with van der Waals surface area (Å²) in [7, 11) is 0. The predicted octanol–water partition coefficient (Wildman–Crippen LogP) is 3.73. The maximum absolute atomic E-state index is 11.8. The van der Waals surface area contributed by atoms with Crippen LogP contribution in [0.2, 0.25) is 0 Å². The van der Waals surface area contributed by atoms with E-state index in [0.717, 1.165) is 15.0 Å². The lowest BCUT2D eigenvalue weighted by Crippen LogP contribution is -2.15. The van der Waals surface area contributed by atoms with Gasteiger partial charge in [0.25, 0.3) is 0 Å². The molecule has 0 bridgehead atoms. The zero-order chi connectivity index (χ0) is 12.1. The van der Waals surface area contributed by atoms with Gasteiger partial charge in [-0.1, -0.05) is 18.2 Å². The van der Waals surface area contributed by atoms with Crippen LogP contribution in [0.15, 0.2) is 46.3 Å². The van der Waals surface area contributed by atoms with Gasteiger partial charge in [0.2, 0.25) is 0 Å². The molecule has 2 aromatic rings. The fourth-order valence-electron chi connectivity index (χ4n) is 1.45. The van der Waals surface area contributed by atoms with Crippen LogP contribution in [0.25, 0.3) is 0 Å². The Kier molecular flexibility index (Phi) is 4.34. The molecule has 0 atom stereocenters. The minimum absolute atomic E-state index is 0.192. The van der Waals surface area contributed by atoms with E-state index in [2.05, 4.69) is 21.2 Å². The summed E-state index contributed by atoms with van der Waals surface area (Å²) in [5.74, 6) is 0.192. The Balaban J connectivity index is 1.85. The normalized spacial score (nSPS) is 10.2. The van der Waals surface area contributed by atoms with Crippen LogP contribution in [0.1, 0.15) is 4.88 Å². The maximum Gasteiger partial charge on any atom is 0.157 e. The first-order chi connectivity index (χ1) is 8.25. The van der Waals surface area contributed by atoms with Crippen LogP contribution >= 0.6 is 27.3 Å². The highest BCUT2D eigenvalue weighted by Crippen LogP contribution is 2.23. The average molecular weight is 310 g/mol. The molecule has 4 heteroatoms. The van der Waals surface area contributed by atoms with Crippen molar-refractivity contribution < 1.29 is 4.79 Å². The van der Waals surface area contributed by atoms with Crippen molar-refractivity contribution in [3.8, 4) is 0 Å². The van der Waals surface area contributed by atoms with Crippen LogP contribution in [0.5, 0.6) is 0 Å². The van der Waals surface area contributed by atoms with Gasteiger partial charge in [0.15, 0.2) is 5.78 Å². The van der Waals surface area contributed by atoms with Gasteiger partial charge >= 0.3 is 0 Å². The molecule has 0 radical (unpaired) electrons. The number of ketones is 1. The lowest BCUT2D eigenvalue weighted by Gasteiger charge is -2.04. The molecule has 0 aliphatic rings. The van der Waals surface area contributed by atoms with E-state index in [-0.39, 0.29) is 5.78 Å². The summed E-state index contributed by atoms with van der Waals surface area (Å²) < 4.78 is 1.02. The molecule has 2 nitrogen and oxygen atoms in total. The fraction of sp³-hybridized carbons (Fsp3) is 0.154. The number of nitrogens with one attached hydrogen (secondary N) is 1. The lowest BCUT2D eigenvalue weighted by molar-refractivity contribution is -0.116. The number of para-hydroxylation sites is 1. The van der Waals surface area contributed by atoms with Gasteiger partial charge in [0.05, 0.1) is 6.54 Å². The Morgan fingerprint density at radius 2 is 2.00 bits per heavy atom. The Bertz CT molecular complexity index is 495. The number of hydrogen-bond acceptors (Lipinski definition) is 3. The number of carbonyl (C=O) groups excluding carboxylic acids is 1. The number of thiophene rings is 1. The first kappa shape index (κ1) is 12.3. The highest BCUT2D eigenvalue weighted by atomic mass is 79.9. The molecule has 1 aromatic heterocycles. The number of halogens is 1. The van der Waals surface area contributed by atoms with Crippen LogP contribution in [-0.4, -0.2) is 12.3 Å². The van der Waals surface area contributed by atoms with Crippen molar-refractivity contribution in [3.05, 3.63) is 51.1 Å². The third-order valence-electron chi connectivity index (χ3n) is 2.31. The van der Waals surface area contributed by atoms with Gasteiger partial charge in [-0.05, 0) is 39.5 Å². The topological polar surface area (TPSA) is 29.1 Å². The molecule has 88 valence electrons. The maximum atomic E-state index is 11.8. The second-order valence-electron chi connectivity index (χ2n) is 3.63. The predicted molar refractivity (Wildman–Crippen MR) is 75.7 cm³/mol. The molecule has 1 heterocycles. The number of hydrogen-bond donors (Lipinski definition) is 1. The van der Waals surface area contributed by atoms with Crippen molar-refractivity contribution in [3.63, 3.8) is 0 Å². The zero-order valence-electron chi connectivity index (χ0n) is 9.15. The monoisotopic (exact) mass is 309 g/mol. The minimum Gasteiger partial charge on any atom is -0.378 e. The van der Waals surface area contributed by atoms with E-state index in [1.165, 1.54) is 0 Å². The number of benzene rings is 1. The summed E-state index contributed by atoms with van der Waals surface area (Å²) in [5, 5.41) is 5.10. The SMILES string of the molecule is O=C(CNc1ccccc1)Cc1sccc1Br. The highest BCUT2D eigenvalue weighted by Gasteiger charge is 2.07. The van der Waals surface area contributed by atoms with Crippen molar-refractivity contribution in [2.75, 3.05) is 11.9 Å². The Hall–Kier alpha value is -1.13.